The maximum atomic E-state index is 5.81. The van der Waals surface area contributed by atoms with Gasteiger partial charge in [0.05, 0.1) is 18.0 Å². The number of nitrogens with zero attached hydrogens (tertiary/aromatic N) is 2. The van der Waals surface area contributed by atoms with Crippen LogP contribution in [0.2, 0.25) is 0 Å². The molecule has 0 radical (unpaired) electrons. The van der Waals surface area contributed by atoms with Gasteiger partial charge in [0.25, 0.3) is 5.17 Å². The first-order valence-electron chi connectivity index (χ1n) is 13.9. The van der Waals surface area contributed by atoms with E-state index in [9.17, 15) is 0 Å². The second-order valence-corrected chi connectivity index (χ2v) is 10.6. The Hall–Kier alpha value is -1.86. The molecule has 0 saturated heterocycles. The molecule has 206 valence electrons. The molecular formula is C30H47BrN4OS. The van der Waals surface area contributed by atoms with Crippen LogP contribution >= 0.6 is 11.8 Å². The van der Waals surface area contributed by atoms with Crippen LogP contribution in [0.25, 0.3) is 0 Å². The number of ether oxygens (including phenoxy) is 1. The molecule has 37 heavy (non-hydrogen) atoms. The number of aryl methyl sites for hydroxylation is 1. The highest BCUT2D eigenvalue weighted by molar-refractivity contribution is 8.13. The van der Waals surface area contributed by atoms with Gasteiger partial charge in [-0.1, -0.05) is 76.8 Å². The SMILES string of the molecule is CCCCCCCCCCCCc1ccc(N=Nc2ccc(OCCCCCSC(N)=[NH2+])cc2)cc1.[Br-]. The van der Waals surface area contributed by atoms with Crippen LogP contribution in [0.3, 0.4) is 0 Å². The largest absolute Gasteiger partial charge is 1.00 e. The predicted molar refractivity (Wildman–Crippen MR) is 156 cm³/mol. The quantitative estimate of drug-likeness (QED) is 0.0992. The summed E-state index contributed by atoms with van der Waals surface area (Å²) in [6.07, 6.45) is 18.1. The molecule has 0 aliphatic carbocycles. The van der Waals surface area contributed by atoms with Crippen molar-refractivity contribution in [1.29, 1.82) is 0 Å². The van der Waals surface area contributed by atoms with Crippen LogP contribution < -0.4 is 32.9 Å². The Labute approximate surface area is 239 Å². The van der Waals surface area contributed by atoms with Gasteiger partial charge in [0.2, 0.25) is 0 Å². The summed E-state index contributed by atoms with van der Waals surface area (Å²) in [6, 6.07) is 16.3. The molecule has 4 N–H and O–H groups in total. The van der Waals surface area contributed by atoms with Gasteiger partial charge in [0.15, 0.2) is 0 Å². The number of unbranched alkanes of at least 4 members (excludes halogenated alkanes) is 11. The van der Waals surface area contributed by atoms with Crippen molar-refractivity contribution in [3.05, 3.63) is 54.1 Å². The summed E-state index contributed by atoms with van der Waals surface area (Å²) in [4.78, 5) is 0. The van der Waals surface area contributed by atoms with Crippen molar-refractivity contribution in [2.75, 3.05) is 12.4 Å². The van der Waals surface area contributed by atoms with E-state index in [1.54, 1.807) is 0 Å². The number of nitrogens with two attached hydrogens (primary N) is 2. The minimum absolute atomic E-state index is 0. The van der Waals surface area contributed by atoms with Crippen LogP contribution in [-0.4, -0.2) is 17.5 Å². The highest BCUT2D eigenvalue weighted by Gasteiger charge is 1.99. The number of amidine groups is 1. The normalized spacial score (nSPS) is 10.9. The van der Waals surface area contributed by atoms with E-state index in [0.717, 1.165) is 48.6 Å². The molecule has 7 heteroatoms. The second-order valence-electron chi connectivity index (χ2n) is 9.45. The third kappa shape index (κ3) is 17.3. The fourth-order valence-electron chi connectivity index (χ4n) is 4.03. The zero-order chi connectivity index (χ0) is 25.7. The zero-order valence-electron chi connectivity index (χ0n) is 22.7. The molecule has 0 spiro atoms. The Morgan fingerprint density at radius 2 is 1.24 bits per heavy atom. The number of halogens is 1. The summed E-state index contributed by atoms with van der Waals surface area (Å²) in [5, 5.41) is 14.6. The molecule has 5 nitrogen and oxygen atoms in total. The van der Waals surface area contributed by atoms with Crippen LogP contribution in [0.5, 0.6) is 5.75 Å². The van der Waals surface area contributed by atoms with E-state index >= 15 is 0 Å². The molecule has 0 aliphatic rings. The van der Waals surface area contributed by atoms with Crippen molar-refractivity contribution in [3.8, 4) is 5.75 Å². The average molecular weight is 592 g/mol. The van der Waals surface area contributed by atoms with E-state index in [4.69, 9.17) is 15.9 Å². The second kappa shape index (κ2) is 22.2. The molecule has 2 aromatic rings. The molecular weight excluding hydrogens is 544 g/mol. The first kappa shape index (κ1) is 33.2. The van der Waals surface area contributed by atoms with Crippen molar-refractivity contribution in [2.24, 2.45) is 16.0 Å². The lowest BCUT2D eigenvalue weighted by Crippen LogP contribution is -3.00. The van der Waals surface area contributed by atoms with Crippen LogP contribution in [0.1, 0.15) is 96.0 Å². The molecule has 0 amide bonds. The van der Waals surface area contributed by atoms with Gasteiger partial charge in [-0.15, -0.1) is 0 Å². The minimum Gasteiger partial charge on any atom is -1.00 e. The highest BCUT2D eigenvalue weighted by atomic mass is 79.9. The fraction of sp³-hybridized carbons (Fsp3) is 0.567. The minimum atomic E-state index is 0. The van der Waals surface area contributed by atoms with Crippen molar-refractivity contribution in [3.63, 3.8) is 0 Å². The van der Waals surface area contributed by atoms with Gasteiger partial charge in [0.1, 0.15) is 5.75 Å². The lowest BCUT2D eigenvalue weighted by atomic mass is 10.0. The summed E-state index contributed by atoms with van der Waals surface area (Å²) in [5.41, 5.74) is 8.54. The Kier molecular flexibility index (Phi) is 19.9. The number of hydrogen-bond acceptors (Lipinski definition) is 4. The molecule has 0 aliphatic heterocycles. The highest BCUT2D eigenvalue weighted by Crippen LogP contribution is 2.22. The van der Waals surface area contributed by atoms with Crippen molar-refractivity contribution < 1.29 is 27.1 Å². The van der Waals surface area contributed by atoms with E-state index in [2.05, 4.69) is 41.4 Å². The molecule has 2 rings (SSSR count). The standard InChI is InChI=1S/C30H46N4OS.BrH/c1-2-3-4-5-6-7-8-9-10-12-15-26-16-18-27(19-17-26)33-34-28-20-22-29(23-21-28)35-24-13-11-14-25-36-30(31)32;/h16-23H,2-15,24-25H2,1H3,(H3,31,32);1H. The van der Waals surface area contributed by atoms with Gasteiger partial charge in [-0.05, 0) is 85.8 Å². The molecule has 0 heterocycles. The topological polar surface area (TPSA) is 85.6 Å². The average Bonchev–Trinajstić information content (AvgIpc) is 2.89. The molecule has 0 atom stereocenters. The maximum absolute atomic E-state index is 5.81. The zero-order valence-corrected chi connectivity index (χ0v) is 25.1. The van der Waals surface area contributed by atoms with E-state index in [0.29, 0.717) is 11.8 Å². The summed E-state index contributed by atoms with van der Waals surface area (Å²) in [7, 11) is 0. The molecule has 0 bridgehead atoms. The third-order valence-electron chi connectivity index (χ3n) is 6.20. The number of benzene rings is 2. The van der Waals surface area contributed by atoms with Gasteiger partial charge in [-0.2, -0.15) is 10.2 Å². The number of azo groups is 1. The van der Waals surface area contributed by atoms with E-state index < -0.39 is 0 Å². The van der Waals surface area contributed by atoms with Gasteiger partial charge < -0.3 is 21.7 Å². The Morgan fingerprint density at radius 3 is 1.81 bits per heavy atom. The van der Waals surface area contributed by atoms with Gasteiger partial charge in [-0.3, -0.25) is 11.1 Å². The number of thioether (sulfide) groups is 1. The van der Waals surface area contributed by atoms with Crippen LogP contribution in [0.4, 0.5) is 11.4 Å². The lowest BCUT2D eigenvalue weighted by molar-refractivity contribution is -0.110. The van der Waals surface area contributed by atoms with E-state index in [-0.39, 0.29) is 17.0 Å². The lowest BCUT2D eigenvalue weighted by Gasteiger charge is -2.06. The molecule has 0 aromatic heterocycles. The van der Waals surface area contributed by atoms with Gasteiger partial charge in [0, 0.05) is 5.75 Å². The summed E-state index contributed by atoms with van der Waals surface area (Å²) >= 11 is 1.51. The number of rotatable bonds is 20. The third-order valence-corrected chi connectivity index (χ3v) is 7.03. The van der Waals surface area contributed by atoms with Gasteiger partial charge in [-0.25, -0.2) is 0 Å². The van der Waals surface area contributed by atoms with Crippen molar-refractivity contribution in [1.82, 2.24) is 0 Å². The maximum Gasteiger partial charge on any atom is 0.299 e. The van der Waals surface area contributed by atoms with Crippen LogP contribution in [0, 0.1) is 0 Å². The first-order chi connectivity index (χ1) is 17.7. The smallest absolute Gasteiger partial charge is 0.299 e. The predicted octanol–water partition coefficient (Wildman–Crippen LogP) is 4.93. The molecule has 0 saturated carbocycles. The van der Waals surface area contributed by atoms with Crippen LogP contribution in [-0.2, 0) is 6.42 Å². The van der Waals surface area contributed by atoms with E-state index in [1.165, 1.54) is 81.5 Å². The summed E-state index contributed by atoms with van der Waals surface area (Å²) in [5.74, 6) is 1.82. The first-order valence-corrected chi connectivity index (χ1v) is 14.9. The Morgan fingerprint density at radius 1 is 0.730 bits per heavy atom. The van der Waals surface area contributed by atoms with Crippen LogP contribution in [0.15, 0.2) is 58.8 Å². The van der Waals surface area contributed by atoms with Gasteiger partial charge >= 0.3 is 0 Å². The summed E-state index contributed by atoms with van der Waals surface area (Å²) in [6.45, 7) is 2.99. The molecule has 2 aromatic carbocycles. The Balaban J connectivity index is 0.00000684. The monoisotopic (exact) mass is 590 g/mol. The van der Waals surface area contributed by atoms with Crippen molar-refractivity contribution >= 4 is 28.3 Å². The molecule has 0 fully saturated rings. The van der Waals surface area contributed by atoms with E-state index in [1.807, 2.05) is 24.3 Å². The molecule has 0 unspecified atom stereocenters. The van der Waals surface area contributed by atoms with Crippen molar-refractivity contribution in [2.45, 2.75) is 96.8 Å². The fourth-order valence-corrected chi connectivity index (χ4v) is 4.62. The summed E-state index contributed by atoms with van der Waals surface area (Å²) < 4.78 is 5.81. The number of hydrogen-bond donors (Lipinski definition) is 2. The Bertz CT molecular complexity index is 859.